The van der Waals surface area contributed by atoms with Gasteiger partial charge >= 0.3 is 6.03 Å². The van der Waals surface area contributed by atoms with Gasteiger partial charge in [0.2, 0.25) is 0 Å². The Morgan fingerprint density at radius 2 is 2.00 bits per heavy atom. The highest BCUT2D eigenvalue weighted by Crippen LogP contribution is 2.33. The lowest BCUT2D eigenvalue weighted by Gasteiger charge is -2.42. The fourth-order valence-corrected chi connectivity index (χ4v) is 4.00. The Morgan fingerprint density at radius 3 is 2.69 bits per heavy atom. The molecule has 0 aliphatic carbocycles. The van der Waals surface area contributed by atoms with E-state index in [2.05, 4.69) is 15.5 Å². The number of carbonyl (C=O) groups is 1. The van der Waals surface area contributed by atoms with Gasteiger partial charge in [0.25, 0.3) is 0 Å². The van der Waals surface area contributed by atoms with Crippen LogP contribution >= 0.6 is 0 Å². The summed E-state index contributed by atoms with van der Waals surface area (Å²) in [6.45, 7) is 2.21. The number of rotatable bonds is 4. The number of nitrogens with zero attached hydrogens (tertiary/aromatic N) is 1. The molecule has 0 spiro atoms. The molecule has 0 radical (unpaired) electrons. The van der Waals surface area contributed by atoms with E-state index in [-0.39, 0.29) is 18.2 Å². The Labute approximate surface area is 152 Å². The van der Waals surface area contributed by atoms with E-state index in [1.54, 1.807) is 31.4 Å². The highest BCUT2D eigenvalue weighted by Gasteiger charge is 2.52. The summed E-state index contributed by atoms with van der Waals surface area (Å²) in [7, 11) is 1.59. The quantitative estimate of drug-likeness (QED) is 0.732. The highest BCUT2D eigenvalue weighted by atomic mass is 16.7. The standard InChI is InChI=1S/C18H25N3O5/c1-24-12-6-4-11(5-7-12)19-18(23)20-14-13-10-25-17(26-13)15(16(14)22)21-8-2-3-9-21/h4-7,13-17,22H,2-3,8-10H2,1H3,(H2,19,20,23). The van der Waals surface area contributed by atoms with Gasteiger partial charge in [0.15, 0.2) is 6.29 Å². The Morgan fingerprint density at radius 1 is 1.27 bits per heavy atom. The SMILES string of the molecule is COc1ccc(NC(=O)NC2C3COC(O3)C(N3CCCC3)C2O)cc1. The molecule has 0 aromatic heterocycles. The molecule has 142 valence electrons. The molecule has 3 heterocycles. The Kier molecular flexibility index (Phi) is 4.99. The van der Waals surface area contributed by atoms with E-state index in [9.17, 15) is 9.90 Å². The van der Waals surface area contributed by atoms with Gasteiger partial charge in [0.1, 0.15) is 11.9 Å². The van der Waals surface area contributed by atoms with Crippen molar-refractivity contribution in [2.45, 2.75) is 43.4 Å². The van der Waals surface area contributed by atoms with Crippen LogP contribution in [0.3, 0.4) is 0 Å². The number of ether oxygens (including phenoxy) is 3. The fraction of sp³-hybridized carbons (Fsp3) is 0.611. The Hall–Kier alpha value is -1.87. The number of fused-ring (bicyclic) bond motifs is 2. The third-order valence-electron chi connectivity index (χ3n) is 5.34. The van der Waals surface area contributed by atoms with Crippen LogP contribution in [0.25, 0.3) is 0 Å². The maximum absolute atomic E-state index is 12.4. The number of aliphatic hydroxyl groups is 1. The molecule has 1 aromatic rings. The number of aliphatic hydroxyl groups excluding tert-OH is 1. The van der Waals surface area contributed by atoms with E-state index in [0.29, 0.717) is 12.3 Å². The molecule has 0 saturated carbocycles. The molecule has 3 aliphatic rings. The summed E-state index contributed by atoms with van der Waals surface area (Å²) in [5.74, 6) is 0.717. The minimum absolute atomic E-state index is 0.248. The molecule has 26 heavy (non-hydrogen) atoms. The second-order valence-electron chi connectivity index (χ2n) is 6.95. The number of hydrogen-bond acceptors (Lipinski definition) is 6. The van der Waals surface area contributed by atoms with E-state index in [4.69, 9.17) is 14.2 Å². The Bertz CT molecular complexity index is 632. The zero-order chi connectivity index (χ0) is 18.1. The summed E-state index contributed by atoms with van der Waals surface area (Å²) >= 11 is 0. The van der Waals surface area contributed by atoms with Crippen LogP contribution in [0.1, 0.15) is 12.8 Å². The molecular weight excluding hydrogens is 338 g/mol. The molecule has 5 unspecified atom stereocenters. The van der Waals surface area contributed by atoms with Crippen LogP contribution < -0.4 is 15.4 Å². The zero-order valence-electron chi connectivity index (χ0n) is 14.8. The van der Waals surface area contributed by atoms with Crippen molar-refractivity contribution in [1.82, 2.24) is 10.2 Å². The van der Waals surface area contributed by atoms with Crippen LogP contribution in [0.15, 0.2) is 24.3 Å². The van der Waals surface area contributed by atoms with Crippen LogP contribution in [0.5, 0.6) is 5.75 Å². The number of nitrogens with one attached hydrogen (secondary N) is 2. The van der Waals surface area contributed by atoms with Crippen molar-refractivity contribution >= 4 is 11.7 Å². The number of hydrogen-bond donors (Lipinski definition) is 3. The van der Waals surface area contributed by atoms with Crippen molar-refractivity contribution < 1.29 is 24.1 Å². The first-order chi connectivity index (χ1) is 12.7. The lowest BCUT2D eigenvalue weighted by atomic mass is 9.95. The molecule has 3 aliphatic heterocycles. The van der Waals surface area contributed by atoms with E-state index < -0.39 is 18.4 Å². The van der Waals surface area contributed by atoms with E-state index in [1.165, 1.54) is 0 Å². The fourth-order valence-electron chi connectivity index (χ4n) is 4.00. The third-order valence-corrected chi connectivity index (χ3v) is 5.34. The molecule has 2 bridgehead atoms. The maximum atomic E-state index is 12.4. The Balaban J connectivity index is 1.41. The van der Waals surface area contributed by atoms with Gasteiger partial charge in [-0.2, -0.15) is 0 Å². The van der Waals surface area contributed by atoms with Crippen molar-refractivity contribution in [2.75, 3.05) is 32.1 Å². The summed E-state index contributed by atoms with van der Waals surface area (Å²) < 4.78 is 16.7. The molecule has 3 N–H and O–H groups in total. The number of amides is 2. The molecular formula is C18H25N3O5. The minimum Gasteiger partial charge on any atom is -0.497 e. The predicted octanol–water partition coefficient (Wildman–Crippen LogP) is 0.766. The van der Waals surface area contributed by atoms with Crippen LogP contribution in [0.4, 0.5) is 10.5 Å². The molecule has 3 saturated heterocycles. The molecule has 8 nitrogen and oxygen atoms in total. The first kappa shape index (κ1) is 17.5. The van der Waals surface area contributed by atoms with Crippen molar-refractivity contribution in [3.8, 4) is 5.75 Å². The van der Waals surface area contributed by atoms with Gasteiger partial charge in [-0.15, -0.1) is 0 Å². The summed E-state index contributed by atoms with van der Waals surface area (Å²) in [5.41, 5.74) is 0.645. The van der Waals surface area contributed by atoms with Gasteiger partial charge in [-0.1, -0.05) is 0 Å². The number of urea groups is 1. The molecule has 2 amide bonds. The highest BCUT2D eigenvalue weighted by molar-refractivity contribution is 5.89. The normalized spacial score (nSPS) is 33.8. The van der Waals surface area contributed by atoms with Gasteiger partial charge < -0.3 is 30.0 Å². The zero-order valence-corrected chi connectivity index (χ0v) is 14.8. The molecule has 1 aromatic carbocycles. The average molecular weight is 363 g/mol. The number of benzene rings is 1. The van der Waals surface area contributed by atoms with Gasteiger partial charge in [-0.3, -0.25) is 4.90 Å². The van der Waals surface area contributed by atoms with Crippen LogP contribution in [0, 0.1) is 0 Å². The first-order valence-electron chi connectivity index (χ1n) is 9.06. The van der Waals surface area contributed by atoms with Gasteiger partial charge in [0, 0.05) is 5.69 Å². The molecule has 3 fully saturated rings. The van der Waals surface area contributed by atoms with Crippen molar-refractivity contribution in [3.05, 3.63) is 24.3 Å². The lowest BCUT2D eigenvalue weighted by molar-refractivity contribution is -0.177. The number of carbonyl (C=O) groups excluding carboxylic acids is 1. The molecule has 8 heteroatoms. The van der Waals surface area contributed by atoms with Crippen LogP contribution in [-0.2, 0) is 9.47 Å². The van der Waals surface area contributed by atoms with E-state index >= 15 is 0 Å². The summed E-state index contributed by atoms with van der Waals surface area (Å²) in [6, 6.07) is 5.91. The second kappa shape index (κ2) is 7.40. The van der Waals surface area contributed by atoms with Gasteiger partial charge in [0.05, 0.1) is 31.9 Å². The first-order valence-corrected chi connectivity index (χ1v) is 9.06. The van der Waals surface area contributed by atoms with Crippen molar-refractivity contribution in [2.24, 2.45) is 0 Å². The van der Waals surface area contributed by atoms with Crippen molar-refractivity contribution in [3.63, 3.8) is 0 Å². The van der Waals surface area contributed by atoms with E-state index in [0.717, 1.165) is 31.7 Å². The maximum Gasteiger partial charge on any atom is 0.319 e. The van der Waals surface area contributed by atoms with Gasteiger partial charge in [-0.25, -0.2) is 4.79 Å². The van der Waals surface area contributed by atoms with Gasteiger partial charge in [-0.05, 0) is 50.2 Å². The monoisotopic (exact) mass is 363 g/mol. The van der Waals surface area contributed by atoms with Crippen molar-refractivity contribution in [1.29, 1.82) is 0 Å². The largest absolute Gasteiger partial charge is 0.497 e. The summed E-state index contributed by atoms with van der Waals surface area (Å²) in [5, 5.41) is 16.5. The molecule has 5 atom stereocenters. The predicted molar refractivity (Wildman–Crippen MR) is 94.2 cm³/mol. The lowest BCUT2D eigenvalue weighted by Crippen LogP contribution is -2.65. The summed E-state index contributed by atoms with van der Waals surface area (Å²) in [4.78, 5) is 14.6. The number of methoxy groups -OCH3 is 1. The second-order valence-corrected chi connectivity index (χ2v) is 6.95. The molecule has 4 rings (SSSR count). The average Bonchev–Trinajstić information content (AvgIpc) is 3.31. The minimum atomic E-state index is -0.735. The number of likely N-dealkylation sites (tertiary alicyclic amines) is 1. The van der Waals surface area contributed by atoms with Crippen LogP contribution in [0.2, 0.25) is 0 Å². The topological polar surface area (TPSA) is 92.3 Å². The third kappa shape index (κ3) is 3.37. The van der Waals surface area contributed by atoms with E-state index in [1.807, 2.05) is 0 Å². The smallest absolute Gasteiger partial charge is 0.319 e. The summed E-state index contributed by atoms with van der Waals surface area (Å²) in [6.07, 6.45) is 0.720. The number of anilines is 1. The van der Waals surface area contributed by atoms with Crippen LogP contribution in [-0.4, -0.2) is 73.4 Å².